The topological polar surface area (TPSA) is 84.5 Å². The zero-order valence-electron chi connectivity index (χ0n) is 4.20. The molecule has 0 aromatic carbocycles. The van der Waals surface area contributed by atoms with Crippen LogP contribution in [0.4, 0.5) is 0 Å². The lowest BCUT2D eigenvalue weighted by molar-refractivity contribution is -0.313. The van der Waals surface area contributed by atoms with Crippen molar-refractivity contribution >= 4 is 0 Å². The lowest BCUT2D eigenvalue weighted by atomic mass is 10.3. The molecule has 0 aromatic rings. The van der Waals surface area contributed by atoms with Crippen molar-refractivity contribution in [2.75, 3.05) is 0 Å². The Morgan fingerprint density at radius 1 is 1.38 bits per heavy atom. The van der Waals surface area contributed by atoms with Crippen molar-refractivity contribution < 1.29 is 15.3 Å². The number of nitrogens with zero attached hydrogens (tertiary/aromatic N) is 1. The third kappa shape index (κ3) is 5.37. The number of hydrogen-bond donors (Lipinski definition) is 3. The Morgan fingerprint density at radius 3 is 2.00 bits per heavy atom. The maximum absolute atomic E-state index is 8.11. The van der Waals surface area contributed by atoms with Crippen LogP contribution in [0.2, 0.25) is 0 Å². The van der Waals surface area contributed by atoms with Gasteiger partial charge < -0.3 is 15.3 Å². The lowest BCUT2D eigenvalue weighted by Crippen LogP contribution is -2.26. The van der Waals surface area contributed by atoms with Crippen molar-refractivity contribution in [2.45, 2.75) is 18.8 Å². The van der Waals surface area contributed by atoms with Crippen LogP contribution in [0.1, 0.15) is 12.8 Å². The Kier molecular flexibility index (Phi) is 2.42. The van der Waals surface area contributed by atoms with Gasteiger partial charge in [0.25, 0.3) is 5.97 Å². The molecule has 0 heterocycles. The van der Waals surface area contributed by atoms with Crippen LogP contribution in [-0.2, 0) is 0 Å². The fraction of sp³-hybridized carbons (Fsp3) is 0.750. The fourth-order valence-electron chi connectivity index (χ4n) is 0.224. The summed E-state index contributed by atoms with van der Waals surface area (Å²) in [6, 6.07) is 1.64. The first-order valence-electron chi connectivity index (χ1n) is 2.10. The van der Waals surface area contributed by atoms with Crippen LogP contribution < -0.4 is 0 Å². The third-order valence-corrected chi connectivity index (χ3v) is 0.572. The highest BCUT2D eigenvalue weighted by molar-refractivity contribution is 4.69. The van der Waals surface area contributed by atoms with Crippen LogP contribution in [0.3, 0.4) is 0 Å². The Balaban J connectivity index is 3.28. The second kappa shape index (κ2) is 2.62. The minimum Gasteiger partial charge on any atom is -0.344 e. The first kappa shape index (κ1) is 7.37. The summed E-state index contributed by atoms with van der Waals surface area (Å²) in [5, 5.41) is 32.2. The van der Waals surface area contributed by atoms with Gasteiger partial charge in [0, 0.05) is 12.8 Å². The molecule has 8 heavy (non-hydrogen) atoms. The molecule has 4 nitrogen and oxygen atoms in total. The third-order valence-electron chi connectivity index (χ3n) is 0.572. The van der Waals surface area contributed by atoms with E-state index in [0.717, 1.165) is 0 Å². The molecule has 0 saturated heterocycles. The molecule has 0 aromatic heterocycles. The highest BCUT2D eigenvalue weighted by atomic mass is 16.7. The van der Waals surface area contributed by atoms with Gasteiger partial charge in [-0.2, -0.15) is 5.26 Å². The summed E-state index contributed by atoms with van der Waals surface area (Å²) in [7, 11) is 0. The Bertz CT molecular complexity index is 98.8. The van der Waals surface area contributed by atoms with Crippen molar-refractivity contribution in [3.05, 3.63) is 0 Å². The van der Waals surface area contributed by atoms with Crippen LogP contribution in [-0.4, -0.2) is 21.3 Å². The largest absolute Gasteiger partial charge is 0.344 e. The van der Waals surface area contributed by atoms with E-state index < -0.39 is 5.97 Å². The highest BCUT2D eigenvalue weighted by Gasteiger charge is 2.15. The monoisotopic (exact) mass is 117 g/mol. The molecule has 0 spiro atoms. The Morgan fingerprint density at radius 2 is 1.88 bits per heavy atom. The van der Waals surface area contributed by atoms with E-state index in [2.05, 4.69) is 0 Å². The normalized spacial score (nSPS) is 10.8. The molecule has 0 bridgehead atoms. The quantitative estimate of drug-likeness (QED) is 0.402. The molecule has 0 aliphatic carbocycles. The summed E-state index contributed by atoms with van der Waals surface area (Å²) in [6.07, 6.45) is -0.396. The van der Waals surface area contributed by atoms with Gasteiger partial charge in [0.05, 0.1) is 6.07 Å². The van der Waals surface area contributed by atoms with Crippen molar-refractivity contribution in [3.63, 3.8) is 0 Å². The molecule has 0 saturated carbocycles. The molecule has 0 atom stereocenters. The van der Waals surface area contributed by atoms with Gasteiger partial charge in [-0.15, -0.1) is 0 Å². The van der Waals surface area contributed by atoms with Crippen LogP contribution in [0.5, 0.6) is 0 Å². The molecule has 0 radical (unpaired) electrons. The number of hydrogen-bond acceptors (Lipinski definition) is 4. The summed E-state index contributed by atoms with van der Waals surface area (Å²) in [5.41, 5.74) is 0. The molecule has 0 aliphatic rings. The molecule has 0 fully saturated rings. The number of nitriles is 1. The van der Waals surface area contributed by atoms with Gasteiger partial charge in [-0.3, -0.25) is 0 Å². The SMILES string of the molecule is N#CCCC(O)(O)O. The minimum absolute atomic E-state index is 0.0660. The van der Waals surface area contributed by atoms with E-state index in [1.807, 2.05) is 0 Å². The van der Waals surface area contributed by atoms with E-state index in [0.29, 0.717) is 0 Å². The van der Waals surface area contributed by atoms with Gasteiger partial charge >= 0.3 is 0 Å². The molecule has 0 aliphatic heterocycles. The Hall–Kier alpha value is -0.630. The molecular formula is C4H7NO3. The smallest absolute Gasteiger partial charge is 0.276 e. The van der Waals surface area contributed by atoms with Crippen LogP contribution >= 0.6 is 0 Å². The zero-order valence-corrected chi connectivity index (χ0v) is 4.20. The van der Waals surface area contributed by atoms with Gasteiger partial charge in [0.1, 0.15) is 0 Å². The summed E-state index contributed by atoms with van der Waals surface area (Å²) >= 11 is 0. The molecule has 0 amide bonds. The van der Waals surface area contributed by atoms with E-state index in [9.17, 15) is 0 Å². The molecule has 0 rings (SSSR count). The second-order valence-corrected chi connectivity index (χ2v) is 1.43. The minimum atomic E-state index is -2.67. The van der Waals surface area contributed by atoms with Crippen molar-refractivity contribution in [1.82, 2.24) is 0 Å². The van der Waals surface area contributed by atoms with Crippen molar-refractivity contribution in [3.8, 4) is 6.07 Å². The first-order chi connectivity index (χ1) is 3.56. The maximum atomic E-state index is 8.11. The van der Waals surface area contributed by atoms with Crippen LogP contribution in [0.15, 0.2) is 0 Å². The molecular weight excluding hydrogens is 110 g/mol. The van der Waals surface area contributed by atoms with Gasteiger partial charge in [-0.05, 0) is 0 Å². The van der Waals surface area contributed by atoms with Crippen molar-refractivity contribution in [1.29, 1.82) is 5.26 Å². The molecule has 4 heteroatoms. The summed E-state index contributed by atoms with van der Waals surface area (Å²) in [4.78, 5) is 0. The lowest BCUT2D eigenvalue weighted by Gasteiger charge is -2.09. The van der Waals surface area contributed by atoms with Crippen molar-refractivity contribution in [2.24, 2.45) is 0 Å². The summed E-state index contributed by atoms with van der Waals surface area (Å²) in [5.74, 6) is -2.67. The Labute approximate surface area is 46.6 Å². The van der Waals surface area contributed by atoms with E-state index in [4.69, 9.17) is 20.6 Å². The molecule has 0 unspecified atom stereocenters. The predicted octanol–water partition coefficient (Wildman–Crippen LogP) is -1.08. The average molecular weight is 117 g/mol. The van der Waals surface area contributed by atoms with Gasteiger partial charge in [0.2, 0.25) is 0 Å². The predicted molar refractivity (Wildman–Crippen MR) is 24.2 cm³/mol. The average Bonchev–Trinajstić information content (AvgIpc) is 1.59. The van der Waals surface area contributed by atoms with Crippen LogP contribution in [0.25, 0.3) is 0 Å². The second-order valence-electron chi connectivity index (χ2n) is 1.43. The van der Waals surface area contributed by atoms with Crippen LogP contribution in [0, 0.1) is 11.3 Å². The standard InChI is InChI=1S/C4H7NO3/c5-3-1-2-4(6,7)8/h6-8H,1-2H2. The van der Waals surface area contributed by atoms with Gasteiger partial charge in [-0.1, -0.05) is 0 Å². The first-order valence-corrected chi connectivity index (χ1v) is 2.10. The molecule has 46 valence electrons. The highest BCUT2D eigenvalue weighted by Crippen LogP contribution is 2.01. The summed E-state index contributed by atoms with van der Waals surface area (Å²) < 4.78 is 0. The zero-order chi connectivity index (χ0) is 6.62. The van der Waals surface area contributed by atoms with E-state index in [-0.39, 0.29) is 12.8 Å². The van der Waals surface area contributed by atoms with Gasteiger partial charge in [0.15, 0.2) is 0 Å². The van der Waals surface area contributed by atoms with Gasteiger partial charge in [-0.25, -0.2) is 0 Å². The maximum Gasteiger partial charge on any atom is 0.276 e. The number of rotatable bonds is 2. The van der Waals surface area contributed by atoms with E-state index >= 15 is 0 Å². The fourth-order valence-corrected chi connectivity index (χ4v) is 0.224. The van der Waals surface area contributed by atoms with E-state index in [1.165, 1.54) is 0 Å². The molecule has 3 N–H and O–H groups in total. The number of aliphatic hydroxyl groups is 3. The van der Waals surface area contributed by atoms with E-state index in [1.54, 1.807) is 6.07 Å². The summed E-state index contributed by atoms with van der Waals surface area (Å²) in [6.45, 7) is 0.